The summed E-state index contributed by atoms with van der Waals surface area (Å²) < 4.78 is 4.95. The van der Waals surface area contributed by atoms with Crippen LogP contribution >= 0.6 is 11.8 Å². The minimum Gasteiger partial charge on any atom is -0.295 e. The van der Waals surface area contributed by atoms with E-state index >= 15 is 0 Å². The summed E-state index contributed by atoms with van der Waals surface area (Å²) in [5.74, 6) is 0.711. The summed E-state index contributed by atoms with van der Waals surface area (Å²) in [5, 5.41) is 9.55. The minimum absolute atomic E-state index is 0.711. The number of fused-ring (bicyclic) bond motifs is 11. The standard InChI is InChI=1S/C54H32N4S/c1-2-17-40(18-3-1)57-45-22-9-8-20-42(45)49-43-21-11-23-48-52(43)58(54(49)57)46-32-37(27-29-47(46)59-48)36-15-10-16-39(31-36)53-55-50(38-25-24-33-12-4-5-14-35(33)30-38)44-28-26-34-13-6-7-19-41(34)51(44)56-53/h1-32H. The number of aromatic nitrogens is 4. The predicted octanol–water partition coefficient (Wildman–Crippen LogP) is 14.4. The molecule has 13 rings (SSSR count). The molecule has 9 aromatic carbocycles. The van der Waals surface area contributed by atoms with E-state index in [1.165, 1.54) is 59.1 Å². The maximum atomic E-state index is 5.38. The normalized spacial score (nSPS) is 12.3. The van der Waals surface area contributed by atoms with Gasteiger partial charge in [0.1, 0.15) is 5.65 Å². The van der Waals surface area contributed by atoms with Gasteiger partial charge < -0.3 is 0 Å². The van der Waals surface area contributed by atoms with E-state index in [9.17, 15) is 0 Å². The van der Waals surface area contributed by atoms with Crippen LogP contribution in [-0.4, -0.2) is 19.1 Å². The van der Waals surface area contributed by atoms with Gasteiger partial charge in [0.2, 0.25) is 0 Å². The zero-order valence-corrected chi connectivity index (χ0v) is 32.5. The number of hydrogen-bond acceptors (Lipinski definition) is 3. The smallest absolute Gasteiger partial charge is 0.160 e. The highest BCUT2D eigenvalue weighted by atomic mass is 32.2. The molecule has 5 heteroatoms. The number of rotatable bonds is 4. The molecule has 0 atom stereocenters. The van der Waals surface area contributed by atoms with E-state index < -0.39 is 0 Å². The van der Waals surface area contributed by atoms with Crippen molar-refractivity contribution in [3.05, 3.63) is 194 Å². The average Bonchev–Trinajstić information content (AvgIpc) is 3.83. The lowest BCUT2D eigenvalue weighted by Crippen LogP contribution is -2.06. The highest BCUT2D eigenvalue weighted by Gasteiger charge is 2.28. The molecular weight excluding hydrogens is 737 g/mol. The molecule has 0 bridgehead atoms. The molecule has 4 nitrogen and oxygen atoms in total. The first-order valence-corrected chi connectivity index (χ1v) is 20.8. The highest BCUT2D eigenvalue weighted by Crippen LogP contribution is 2.50. The number of nitrogens with zero attached hydrogens (tertiary/aromatic N) is 4. The molecule has 0 radical (unpaired) electrons. The number of hydrogen-bond donors (Lipinski definition) is 0. The summed E-state index contributed by atoms with van der Waals surface area (Å²) in [6.45, 7) is 0. The van der Waals surface area contributed by atoms with Gasteiger partial charge in [-0.05, 0) is 81.9 Å². The Morgan fingerprint density at radius 3 is 2.03 bits per heavy atom. The summed E-state index contributed by atoms with van der Waals surface area (Å²) >= 11 is 1.86. The van der Waals surface area contributed by atoms with Crippen molar-refractivity contribution in [1.29, 1.82) is 0 Å². The fourth-order valence-electron chi connectivity index (χ4n) is 9.38. The lowest BCUT2D eigenvalue weighted by molar-refractivity contribution is 1.03. The third-order valence-corrected chi connectivity index (χ3v) is 13.2. The number of benzene rings is 9. The third-order valence-electron chi connectivity index (χ3n) is 12.1. The van der Waals surface area contributed by atoms with Crippen LogP contribution in [0.25, 0.3) is 110 Å². The van der Waals surface area contributed by atoms with Crippen LogP contribution < -0.4 is 0 Å². The van der Waals surface area contributed by atoms with Crippen LogP contribution in [0.5, 0.6) is 0 Å². The molecular formula is C54H32N4S. The third kappa shape index (κ3) is 4.86. The number of para-hydroxylation sites is 3. The Bertz CT molecular complexity index is 3710. The fraction of sp³-hybridized carbons (Fsp3) is 0. The molecule has 0 fully saturated rings. The van der Waals surface area contributed by atoms with E-state index in [4.69, 9.17) is 9.97 Å². The lowest BCUT2D eigenvalue weighted by Gasteiger charge is -2.22. The SMILES string of the molecule is c1ccc(-n2c3ccccc3c3c4cccc5c4n(c32)-c2cc(-c3cccc(-c4nc(-c6ccc7ccccc7c6)c6ccc7ccccc7c6n4)c3)ccc2S5)cc1. The van der Waals surface area contributed by atoms with Crippen LogP contribution in [0, 0.1) is 0 Å². The molecule has 12 aromatic rings. The Labute approximate surface area is 343 Å². The summed E-state index contributed by atoms with van der Waals surface area (Å²) in [5.41, 5.74) is 12.2. The molecule has 0 amide bonds. The lowest BCUT2D eigenvalue weighted by atomic mass is 9.98. The molecule has 1 aliphatic rings. The van der Waals surface area contributed by atoms with Gasteiger partial charge in [-0.15, -0.1) is 0 Å². The van der Waals surface area contributed by atoms with Gasteiger partial charge in [-0.3, -0.25) is 9.13 Å². The van der Waals surface area contributed by atoms with Crippen molar-refractivity contribution >= 4 is 77.0 Å². The molecule has 0 N–H and O–H groups in total. The molecule has 0 saturated carbocycles. The topological polar surface area (TPSA) is 35.6 Å². The first-order valence-electron chi connectivity index (χ1n) is 20.0. The summed E-state index contributed by atoms with van der Waals surface area (Å²) in [6.07, 6.45) is 0. The van der Waals surface area contributed by atoms with Gasteiger partial charge in [0.25, 0.3) is 0 Å². The van der Waals surface area contributed by atoms with E-state index in [1.807, 2.05) is 11.8 Å². The van der Waals surface area contributed by atoms with Gasteiger partial charge in [0.05, 0.1) is 27.9 Å². The molecule has 3 aromatic heterocycles. The van der Waals surface area contributed by atoms with Crippen LogP contribution in [0.2, 0.25) is 0 Å². The predicted molar refractivity (Wildman–Crippen MR) is 246 cm³/mol. The summed E-state index contributed by atoms with van der Waals surface area (Å²) in [7, 11) is 0. The molecule has 4 heterocycles. The molecule has 0 aliphatic carbocycles. The Kier molecular flexibility index (Phi) is 6.91. The highest BCUT2D eigenvalue weighted by molar-refractivity contribution is 7.99. The zero-order valence-electron chi connectivity index (χ0n) is 31.7. The average molecular weight is 769 g/mol. The second-order valence-electron chi connectivity index (χ2n) is 15.4. The summed E-state index contributed by atoms with van der Waals surface area (Å²) in [4.78, 5) is 13.2. The summed E-state index contributed by atoms with van der Waals surface area (Å²) in [6, 6.07) is 70.0. The van der Waals surface area contributed by atoms with Crippen molar-refractivity contribution in [2.45, 2.75) is 9.79 Å². The second-order valence-corrected chi connectivity index (χ2v) is 16.5. The fourth-order valence-corrected chi connectivity index (χ4v) is 10.5. The van der Waals surface area contributed by atoms with Crippen LogP contribution in [0.3, 0.4) is 0 Å². The molecule has 0 unspecified atom stereocenters. The van der Waals surface area contributed by atoms with Gasteiger partial charge in [0, 0.05) is 53.5 Å². The van der Waals surface area contributed by atoms with Crippen LogP contribution in [0.1, 0.15) is 0 Å². The van der Waals surface area contributed by atoms with Crippen molar-refractivity contribution in [1.82, 2.24) is 19.1 Å². The second kappa shape index (κ2) is 12.5. The molecule has 59 heavy (non-hydrogen) atoms. The van der Waals surface area contributed by atoms with Gasteiger partial charge in [-0.1, -0.05) is 151 Å². The van der Waals surface area contributed by atoms with E-state index in [0.717, 1.165) is 55.3 Å². The van der Waals surface area contributed by atoms with E-state index in [1.54, 1.807) is 0 Å². The maximum Gasteiger partial charge on any atom is 0.160 e. The Morgan fingerprint density at radius 2 is 1.12 bits per heavy atom. The van der Waals surface area contributed by atoms with E-state index in [0.29, 0.717) is 5.82 Å². The van der Waals surface area contributed by atoms with Crippen molar-refractivity contribution < 1.29 is 0 Å². The quantitative estimate of drug-likeness (QED) is 0.167. The monoisotopic (exact) mass is 768 g/mol. The maximum absolute atomic E-state index is 5.38. The molecule has 1 aliphatic heterocycles. The largest absolute Gasteiger partial charge is 0.295 e. The minimum atomic E-state index is 0.711. The van der Waals surface area contributed by atoms with Crippen molar-refractivity contribution in [2.75, 3.05) is 0 Å². The Morgan fingerprint density at radius 1 is 0.407 bits per heavy atom. The molecule has 274 valence electrons. The molecule has 0 spiro atoms. The van der Waals surface area contributed by atoms with Crippen LogP contribution in [0.4, 0.5) is 0 Å². The Hall–Kier alpha value is -7.47. The first kappa shape index (κ1) is 32.6. The van der Waals surface area contributed by atoms with Crippen LogP contribution in [-0.2, 0) is 0 Å². The van der Waals surface area contributed by atoms with E-state index in [-0.39, 0.29) is 0 Å². The molecule has 0 saturated heterocycles. The van der Waals surface area contributed by atoms with Crippen molar-refractivity contribution in [3.63, 3.8) is 0 Å². The van der Waals surface area contributed by atoms with Crippen molar-refractivity contribution in [3.8, 4) is 45.1 Å². The van der Waals surface area contributed by atoms with Crippen molar-refractivity contribution in [2.24, 2.45) is 0 Å². The van der Waals surface area contributed by atoms with Gasteiger partial charge in [-0.25, -0.2) is 9.97 Å². The Balaban J connectivity index is 1.02. The van der Waals surface area contributed by atoms with Gasteiger partial charge >= 0.3 is 0 Å². The zero-order chi connectivity index (χ0) is 38.6. The van der Waals surface area contributed by atoms with Gasteiger partial charge in [0.15, 0.2) is 5.82 Å². The van der Waals surface area contributed by atoms with Crippen LogP contribution in [0.15, 0.2) is 204 Å². The van der Waals surface area contributed by atoms with E-state index in [2.05, 4.69) is 203 Å². The van der Waals surface area contributed by atoms with Gasteiger partial charge in [-0.2, -0.15) is 0 Å². The first-order chi connectivity index (χ1) is 29.2.